The van der Waals surface area contributed by atoms with Crippen LogP contribution in [0.1, 0.15) is 31.3 Å². The molecule has 0 aliphatic rings. The molecule has 0 radical (unpaired) electrons. The van der Waals surface area contributed by atoms with Crippen molar-refractivity contribution in [3.63, 3.8) is 0 Å². The number of hydrogen-bond acceptors (Lipinski definition) is 2. The van der Waals surface area contributed by atoms with Crippen LogP contribution in [-0.2, 0) is 12.4 Å². The number of halogens is 6. The number of rotatable bonds is 5. The molecule has 9 heteroatoms. The van der Waals surface area contributed by atoms with Gasteiger partial charge in [0, 0.05) is 14.9 Å². The molecular formula is C15H14Cl3F3N2S. The van der Waals surface area contributed by atoms with Crippen LogP contribution in [0.4, 0.5) is 13.2 Å². The Hall–Kier alpha value is -0.560. The summed E-state index contributed by atoms with van der Waals surface area (Å²) in [6.07, 6.45) is -4.38. The second-order valence-electron chi connectivity index (χ2n) is 5.42. The zero-order valence-electron chi connectivity index (χ0n) is 12.8. The lowest BCUT2D eigenvalue weighted by Crippen LogP contribution is -2.20. The van der Waals surface area contributed by atoms with Crippen LogP contribution >= 0.6 is 46.6 Å². The molecule has 0 aliphatic carbocycles. The third-order valence-corrected chi connectivity index (χ3v) is 4.85. The van der Waals surface area contributed by atoms with Gasteiger partial charge in [-0.3, -0.25) is 0 Å². The van der Waals surface area contributed by atoms with E-state index in [1.807, 2.05) is 13.8 Å². The van der Waals surface area contributed by atoms with E-state index in [0.717, 1.165) is 16.3 Å². The van der Waals surface area contributed by atoms with Crippen molar-refractivity contribution in [3.8, 4) is 0 Å². The van der Waals surface area contributed by atoms with Gasteiger partial charge in [0.15, 0.2) is 0 Å². The van der Waals surface area contributed by atoms with Crippen LogP contribution in [-0.4, -0.2) is 15.7 Å². The lowest BCUT2D eigenvalue weighted by molar-refractivity contribution is -0.142. The molecule has 2 nitrogen and oxygen atoms in total. The zero-order chi connectivity index (χ0) is 18.1. The second-order valence-corrected chi connectivity index (χ2v) is 7.62. The van der Waals surface area contributed by atoms with Crippen LogP contribution in [0.2, 0.25) is 10.0 Å². The Labute approximate surface area is 157 Å². The number of imidazole rings is 1. The van der Waals surface area contributed by atoms with E-state index in [4.69, 9.17) is 34.8 Å². The molecule has 0 bridgehead atoms. The summed E-state index contributed by atoms with van der Waals surface area (Å²) in [6, 6.07) is 4.86. The summed E-state index contributed by atoms with van der Waals surface area (Å²) in [6.45, 7) is 2.59. The highest BCUT2D eigenvalue weighted by atomic mass is 35.5. The number of alkyl halides is 4. The maximum atomic E-state index is 13.0. The third kappa shape index (κ3) is 4.97. The molecular weight excluding hydrogens is 404 g/mol. The van der Waals surface area contributed by atoms with Crippen molar-refractivity contribution >= 4 is 46.6 Å². The molecule has 0 atom stereocenters. The SMILES string of the molecule is CC(C)c1nc(CCl)n(CC(F)(F)F)c1Sc1cc(Cl)cc(Cl)c1. The topological polar surface area (TPSA) is 17.8 Å². The minimum atomic E-state index is -4.38. The van der Waals surface area contributed by atoms with Crippen LogP contribution < -0.4 is 0 Å². The standard InChI is InChI=1S/C15H14Cl3F3N2S/c1-8(2)13-14(24-11-4-9(17)3-10(18)5-11)23(7-15(19,20)21)12(6-16)22-13/h3-5,8H,6-7H2,1-2H3. The Morgan fingerprint density at radius 3 is 2.21 bits per heavy atom. The fourth-order valence-electron chi connectivity index (χ4n) is 2.13. The maximum absolute atomic E-state index is 13.0. The molecule has 0 amide bonds. The van der Waals surface area contributed by atoms with Crippen molar-refractivity contribution in [2.24, 2.45) is 0 Å². The average molecular weight is 418 g/mol. The predicted molar refractivity (Wildman–Crippen MR) is 92.5 cm³/mol. The van der Waals surface area contributed by atoms with Gasteiger partial charge in [-0.2, -0.15) is 13.2 Å². The molecule has 0 unspecified atom stereocenters. The second kappa shape index (κ2) is 7.77. The van der Waals surface area contributed by atoms with E-state index in [-0.39, 0.29) is 17.6 Å². The first-order valence-corrected chi connectivity index (χ1v) is 9.07. The smallest absolute Gasteiger partial charge is 0.312 e. The number of hydrogen-bond donors (Lipinski definition) is 0. The number of nitrogens with zero attached hydrogens (tertiary/aromatic N) is 2. The fourth-order valence-corrected chi connectivity index (χ4v) is 4.25. The van der Waals surface area contributed by atoms with E-state index in [0.29, 0.717) is 25.7 Å². The summed E-state index contributed by atoms with van der Waals surface area (Å²) in [5, 5.41) is 1.22. The van der Waals surface area contributed by atoms with Gasteiger partial charge in [0.1, 0.15) is 17.4 Å². The van der Waals surface area contributed by atoms with E-state index in [1.165, 1.54) is 0 Å². The first-order valence-electron chi connectivity index (χ1n) is 6.96. The van der Waals surface area contributed by atoms with E-state index < -0.39 is 12.7 Å². The van der Waals surface area contributed by atoms with E-state index in [2.05, 4.69) is 4.98 Å². The van der Waals surface area contributed by atoms with Gasteiger partial charge in [0.05, 0.1) is 11.6 Å². The minimum Gasteiger partial charge on any atom is -0.312 e. The molecule has 0 aliphatic heterocycles. The summed E-state index contributed by atoms with van der Waals surface area (Å²) in [5.41, 5.74) is 0.566. The molecule has 24 heavy (non-hydrogen) atoms. The van der Waals surface area contributed by atoms with Crippen LogP contribution in [0.25, 0.3) is 0 Å². The highest BCUT2D eigenvalue weighted by Gasteiger charge is 2.32. The average Bonchev–Trinajstić information content (AvgIpc) is 2.74. The Balaban J connectivity index is 2.54. The van der Waals surface area contributed by atoms with E-state index in [9.17, 15) is 13.2 Å². The highest BCUT2D eigenvalue weighted by Crippen LogP contribution is 2.38. The lowest BCUT2D eigenvalue weighted by Gasteiger charge is -2.15. The van der Waals surface area contributed by atoms with Gasteiger partial charge in [-0.1, -0.05) is 48.8 Å². The summed E-state index contributed by atoms with van der Waals surface area (Å²) in [4.78, 5) is 4.94. The first-order chi connectivity index (χ1) is 11.1. The molecule has 2 rings (SSSR count). The Morgan fingerprint density at radius 1 is 1.17 bits per heavy atom. The fraction of sp³-hybridized carbons (Fsp3) is 0.400. The number of benzene rings is 1. The van der Waals surface area contributed by atoms with E-state index >= 15 is 0 Å². The molecule has 132 valence electrons. The molecule has 1 aromatic carbocycles. The van der Waals surface area contributed by atoms with Crippen LogP contribution in [0, 0.1) is 0 Å². The third-order valence-electron chi connectivity index (χ3n) is 3.08. The molecule has 0 saturated heterocycles. The summed E-state index contributed by atoms with van der Waals surface area (Å²) in [5.74, 6) is 0.0269. The van der Waals surface area contributed by atoms with Gasteiger partial charge < -0.3 is 4.57 Å². The van der Waals surface area contributed by atoms with Crippen LogP contribution in [0.3, 0.4) is 0 Å². The van der Waals surface area contributed by atoms with Crippen molar-refractivity contribution in [2.75, 3.05) is 0 Å². The molecule has 1 heterocycles. The van der Waals surface area contributed by atoms with Gasteiger partial charge in [-0.25, -0.2) is 4.98 Å². The van der Waals surface area contributed by atoms with Crippen LogP contribution in [0.15, 0.2) is 28.1 Å². The minimum absolute atomic E-state index is 0.0568. The van der Waals surface area contributed by atoms with Crippen molar-refractivity contribution in [3.05, 3.63) is 39.8 Å². The Bertz CT molecular complexity index is 709. The Morgan fingerprint density at radius 2 is 1.75 bits per heavy atom. The Kier molecular flexibility index (Phi) is 6.40. The van der Waals surface area contributed by atoms with Crippen molar-refractivity contribution < 1.29 is 13.2 Å². The first kappa shape index (κ1) is 19.8. The monoisotopic (exact) mass is 416 g/mol. The highest BCUT2D eigenvalue weighted by molar-refractivity contribution is 7.99. The molecule has 0 N–H and O–H groups in total. The van der Waals surface area contributed by atoms with Crippen molar-refractivity contribution in [1.29, 1.82) is 0 Å². The molecule has 1 aromatic heterocycles. The van der Waals surface area contributed by atoms with Gasteiger partial charge in [-0.15, -0.1) is 11.6 Å². The largest absolute Gasteiger partial charge is 0.406 e. The maximum Gasteiger partial charge on any atom is 0.406 e. The van der Waals surface area contributed by atoms with Crippen LogP contribution in [0.5, 0.6) is 0 Å². The van der Waals surface area contributed by atoms with Gasteiger partial charge >= 0.3 is 6.18 Å². The van der Waals surface area contributed by atoms with Gasteiger partial charge in [0.2, 0.25) is 0 Å². The van der Waals surface area contributed by atoms with Gasteiger partial charge in [-0.05, 0) is 24.1 Å². The van der Waals surface area contributed by atoms with Crippen molar-refractivity contribution in [2.45, 2.75) is 48.3 Å². The molecule has 0 fully saturated rings. The number of aromatic nitrogens is 2. The summed E-state index contributed by atoms with van der Waals surface area (Å²) >= 11 is 18.9. The predicted octanol–water partition coefficient (Wildman–Crippen LogP) is 6.77. The summed E-state index contributed by atoms with van der Waals surface area (Å²) in [7, 11) is 0. The zero-order valence-corrected chi connectivity index (χ0v) is 15.9. The quantitative estimate of drug-likeness (QED) is 0.500. The normalized spacial score (nSPS) is 12.2. The summed E-state index contributed by atoms with van der Waals surface area (Å²) < 4.78 is 40.0. The lowest BCUT2D eigenvalue weighted by atomic mass is 10.1. The molecule has 0 spiro atoms. The van der Waals surface area contributed by atoms with Crippen molar-refractivity contribution in [1.82, 2.24) is 9.55 Å². The molecule has 2 aromatic rings. The van der Waals surface area contributed by atoms with Gasteiger partial charge in [0.25, 0.3) is 0 Å². The molecule has 0 saturated carbocycles. The van der Waals surface area contributed by atoms with E-state index in [1.54, 1.807) is 18.2 Å².